The number of allylic oxidation sites excluding steroid dienone is 1. The molecule has 3 aliphatic carbocycles. The first-order valence-corrected chi connectivity index (χ1v) is 27.2. The number of amides is 1. The molecule has 12 heteroatoms. The topological polar surface area (TPSA) is 139 Å². The number of benzene rings is 3. The molecule has 2 bridgehead atoms. The van der Waals surface area contributed by atoms with Crippen LogP contribution in [0.4, 0.5) is 5.69 Å². The molecule has 11 nitrogen and oxygen atoms in total. The van der Waals surface area contributed by atoms with Gasteiger partial charge in [-0.2, -0.15) is 13.0 Å². The SMILES string of the molecule is CCCCCC(c1ccccc1)C(C)(C)c1cc(OC)c([C@H]2C=C(CNC(=O)CCCCC[n+]3cc(S(=O)(=O)O)ccc3/C=C/c3cc4ccc(N(CC)CC)cc4oc3=O)[C@H]3C[C@@H]2C3(C)C)c(OC)c1. The molecule has 1 unspecified atom stereocenters. The largest absolute Gasteiger partial charge is 0.496 e. The summed E-state index contributed by atoms with van der Waals surface area (Å²) in [6.07, 6.45) is 15.2. The third kappa shape index (κ3) is 11.8. The van der Waals surface area contributed by atoms with E-state index in [0.717, 1.165) is 54.1 Å². The summed E-state index contributed by atoms with van der Waals surface area (Å²) in [7, 11) is -0.939. The van der Waals surface area contributed by atoms with Crippen molar-refractivity contribution in [3.8, 4) is 11.5 Å². The summed E-state index contributed by atoms with van der Waals surface area (Å²) in [4.78, 5) is 28.4. The number of unbranched alkanes of at least 4 members (excludes halogenated alkanes) is 4. The maximum Gasteiger partial charge on any atom is 0.343 e. The molecule has 380 valence electrons. The number of hydrogen-bond donors (Lipinski definition) is 2. The van der Waals surface area contributed by atoms with Crippen molar-refractivity contribution < 1.29 is 36.2 Å². The number of hydrogen-bond acceptors (Lipinski definition) is 8. The van der Waals surface area contributed by atoms with Gasteiger partial charge < -0.3 is 24.1 Å². The monoisotopic (exact) mass is 987 g/mol. The number of anilines is 1. The number of fused-ring (bicyclic) bond motifs is 2. The lowest BCUT2D eigenvalue weighted by atomic mass is 9.45. The Morgan fingerprint density at radius 2 is 1.65 bits per heavy atom. The molecule has 0 spiro atoms. The van der Waals surface area contributed by atoms with Crippen LogP contribution in [0.1, 0.15) is 146 Å². The summed E-state index contributed by atoms with van der Waals surface area (Å²) in [6.45, 7) is 18.4. The molecule has 1 fully saturated rings. The van der Waals surface area contributed by atoms with Crippen molar-refractivity contribution >= 4 is 44.8 Å². The lowest BCUT2D eigenvalue weighted by molar-refractivity contribution is -0.700. The van der Waals surface area contributed by atoms with Crippen molar-refractivity contribution in [2.45, 2.75) is 135 Å². The zero-order valence-electron chi connectivity index (χ0n) is 43.4. The Balaban J connectivity index is 1.00. The van der Waals surface area contributed by atoms with Crippen LogP contribution >= 0.6 is 0 Å². The van der Waals surface area contributed by atoms with Crippen LogP contribution in [0, 0.1) is 17.3 Å². The zero-order chi connectivity index (χ0) is 51.1. The number of nitrogens with one attached hydrogen (secondary N) is 1. The second-order valence-electron chi connectivity index (χ2n) is 20.7. The number of carbonyl (C=O) groups excluding carboxylic acids is 1. The quantitative estimate of drug-likeness (QED) is 0.0203. The molecule has 2 aromatic heterocycles. The number of pyridine rings is 1. The molecule has 2 heterocycles. The summed E-state index contributed by atoms with van der Waals surface area (Å²) < 4.78 is 54.1. The first kappa shape index (κ1) is 53.1. The zero-order valence-corrected chi connectivity index (χ0v) is 44.2. The predicted octanol–water partition coefficient (Wildman–Crippen LogP) is 12.1. The van der Waals surface area contributed by atoms with Gasteiger partial charge in [-0.15, -0.1) is 0 Å². The van der Waals surface area contributed by atoms with Crippen LogP contribution in [0.2, 0.25) is 0 Å². The Hall–Kier alpha value is -5.72. The minimum atomic E-state index is -4.46. The number of nitrogens with zero attached hydrogens (tertiary/aromatic N) is 2. The molecule has 1 amide bonds. The highest BCUT2D eigenvalue weighted by Gasteiger charge is 2.56. The number of carbonyl (C=O) groups is 1. The van der Waals surface area contributed by atoms with E-state index in [1.807, 2.05) is 18.2 Å². The van der Waals surface area contributed by atoms with E-state index in [-0.39, 0.29) is 27.6 Å². The van der Waals surface area contributed by atoms with Crippen LogP contribution in [0.3, 0.4) is 0 Å². The second kappa shape index (κ2) is 22.8. The average Bonchev–Trinajstić information content (AvgIpc) is 3.35. The molecule has 0 radical (unpaired) electrons. The van der Waals surface area contributed by atoms with Gasteiger partial charge in [0.05, 0.1) is 19.8 Å². The van der Waals surface area contributed by atoms with E-state index in [1.165, 1.54) is 48.2 Å². The molecule has 2 N–H and O–H groups in total. The molecule has 1 saturated carbocycles. The molecule has 4 atom stereocenters. The average molecular weight is 987 g/mol. The molecule has 0 saturated heterocycles. The smallest absolute Gasteiger partial charge is 0.343 e. The van der Waals surface area contributed by atoms with Gasteiger partial charge in [-0.3, -0.25) is 9.35 Å². The molecular formula is C59H76N3O8S+. The highest BCUT2D eigenvalue weighted by molar-refractivity contribution is 7.85. The number of methoxy groups -OCH3 is 2. The van der Waals surface area contributed by atoms with E-state index in [2.05, 4.69) is 107 Å². The van der Waals surface area contributed by atoms with Gasteiger partial charge in [-0.1, -0.05) is 95.9 Å². The minimum absolute atomic E-state index is 0.0153. The van der Waals surface area contributed by atoms with Crippen LogP contribution in [-0.4, -0.2) is 52.7 Å². The summed E-state index contributed by atoms with van der Waals surface area (Å²) in [5.41, 5.74) is 6.66. The van der Waals surface area contributed by atoms with Gasteiger partial charge >= 0.3 is 5.63 Å². The van der Waals surface area contributed by atoms with Crippen LogP contribution < -0.4 is 29.9 Å². The molecule has 71 heavy (non-hydrogen) atoms. The van der Waals surface area contributed by atoms with E-state index < -0.39 is 15.7 Å². The van der Waals surface area contributed by atoms with Crippen LogP contribution in [0.25, 0.3) is 23.1 Å². The van der Waals surface area contributed by atoms with Gasteiger partial charge in [0.1, 0.15) is 23.6 Å². The first-order valence-electron chi connectivity index (χ1n) is 25.8. The summed E-state index contributed by atoms with van der Waals surface area (Å²) >= 11 is 0. The number of aromatic nitrogens is 1. The number of aryl methyl sites for hydroxylation is 1. The van der Waals surface area contributed by atoms with E-state index in [9.17, 15) is 22.6 Å². The van der Waals surface area contributed by atoms with Gasteiger partial charge in [0.25, 0.3) is 10.1 Å². The lowest BCUT2D eigenvalue weighted by Gasteiger charge is -2.59. The first-order chi connectivity index (χ1) is 33.9. The van der Waals surface area contributed by atoms with Gasteiger partial charge in [-0.05, 0) is 122 Å². The molecular weight excluding hydrogens is 911 g/mol. The molecule has 5 aromatic rings. The molecule has 3 aromatic carbocycles. The van der Waals surface area contributed by atoms with E-state index in [4.69, 9.17) is 13.9 Å². The van der Waals surface area contributed by atoms with Crippen molar-refractivity contribution in [3.63, 3.8) is 0 Å². The predicted molar refractivity (Wildman–Crippen MR) is 285 cm³/mol. The number of rotatable bonds is 24. The van der Waals surface area contributed by atoms with E-state index >= 15 is 0 Å². The van der Waals surface area contributed by atoms with Crippen LogP contribution in [0.15, 0.2) is 111 Å². The molecule has 0 aliphatic heterocycles. The fraction of sp³-hybridized carbons (Fsp3) is 0.475. The van der Waals surface area contributed by atoms with E-state index in [0.29, 0.717) is 73.4 Å². The second-order valence-corrected chi connectivity index (χ2v) is 22.1. The lowest BCUT2D eigenvalue weighted by Crippen LogP contribution is -2.52. The van der Waals surface area contributed by atoms with Crippen molar-refractivity contribution in [1.82, 2.24) is 5.32 Å². The summed E-state index contributed by atoms with van der Waals surface area (Å²) in [6, 6.07) is 25.9. The fourth-order valence-corrected chi connectivity index (χ4v) is 12.0. The van der Waals surface area contributed by atoms with Gasteiger partial charge in [0.15, 0.2) is 11.1 Å². The van der Waals surface area contributed by atoms with Gasteiger partial charge in [0.2, 0.25) is 11.6 Å². The molecule has 3 aliphatic rings. The van der Waals surface area contributed by atoms with Crippen LogP contribution in [-0.2, 0) is 26.9 Å². The van der Waals surface area contributed by atoms with E-state index in [1.54, 1.807) is 43.1 Å². The van der Waals surface area contributed by atoms with Crippen LogP contribution in [0.5, 0.6) is 11.5 Å². The Labute approximate surface area is 422 Å². The minimum Gasteiger partial charge on any atom is -0.496 e. The maximum absolute atomic E-state index is 13.4. The van der Waals surface area contributed by atoms with Crippen molar-refractivity contribution in [1.29, 1.82) is 0 Å². The van der Waals surface area contributed by atoms with Crippen molar-refractivity contribution in [2.24, 2.45) is 17.3 Å². The third-order valence-electron chi connectivity index (χ3n) is 15.8. The highest BCUT2D eigenvalue weighted by atomic mass is 32.2. The molecule has 8 rings (SSSR count). The Morgan fingerprint density at radius 1 is 0.930 bits per heavy atom. The third-order valence-corrected chi connectivity index (χ3v) is 16.7. The van der Waals surface area contributed by atoms with Gasteiger partial charge in [0, 0.05) is 73.2 Å². The standard InChI is InChI=1S/C59H75N3O8S/c1-10-13-16-23-49(40-21-17-14-18-22-40)58(4,5)44-34-53(68-8)56(54(35-44)69-9)48-33-43(50-37-51(48)59(50,6)7)38-60-55(63)24-19-15-20-31-62-39-47(71(65,66)67)30-29-45(62)27-26-42-32-41-25-28-46(61(11-2)12-3)36-52(41)70-57(42)64/h14,17-18,21-22,25-30,32-36,39,48-51H,10-13,15-16,19-20,23-24,31,37-38H2,1-9H3,(H-,60,63,65,66,67)/p+1/t48-,49?,50+,51-/m0/s1. The van der Waals surface area contributed by atoms with Gasteiger partial charge in [-0.25, -0.2) is 4.79 Å². The summed E-state index contributed by atoms with van der Waals surface area (Å²) in [5.74, 6) is 2.81. The Bertz CT molecular complexity index is 2870. The summed E-state index contributed by atoms with van der Waals surface area (Å²) in [5, 5.41) is 4.02. The van der Waals surface area contributed by atoms with Crippen molar-refractivity contribution in [3.05, 3.63) is 135 Å². The maximum atomic E-state index is 13.4. The van der Waals surface area contributed by atoms with Crippen molar-refractivity contribution in [2.75, 3.05) is 38.8 Å². The fourth-order valence-electron chi connectivity index (χ4n) is 11.5. The number of ether oxygens (including phenoxy) is 2. The Morgan fingerprint density at radius 3 is 2.30 bits per heavy atom. The Kier molecular flexibility index (Phi) is 17.0. The normalized spacial score (nSPS) is 17.9. The highest BCUT2D eigenvalue weighted by Crippen LogP contribution is 2.65.